The summed E-state index contributed by atoms with van der Waals surface area (Å²) in [6.07, 6.45) is 85.5. The summed E-state index contributed by atoms with van der Waals surface area (Å²) >= 11 is 0. The molecule has 0 radical (unpaired) electrons. The number of nitrogens with one attached hydrogen (secondary N) is 1. The van der Waals surface area contributed by atoms with Gasteiger partial charge in [-0.3, -0.25) is 9.59 Å². The minimum Gasteiger partial charge on any atom is -0.466 e. The summed E-state index contributed by atoms with van der Waals surface area (Å²) in [5, 5.41) is 23.1. The zero-order valence-electron chi connectivity index (χ0n) is 52.9. The summed E-state index contributed by atoms with van der Waals surface area (Å²) in [7, 11) is 0. The topological polar surface area (TPSA) is 95.9 Å². The molecule has 0 aliphatic carbocycles. The molecule has 1 amide bonds. The average Bonchev–Trinajstić information content (AvgIpc) is 3.44. The van der Waals surface area contributed by atoms with Gasteiger partial charge in [-0.1, -0.05) is 353 Å². The van der Waals surface area contributed by atoms with E-state index in [2.05, 4.69) is 31.3 Å². The molecule has 0 bridgehead atoms. The van der Waals surface area contributed by atoms with Crippen LogP contribution in [0, 0.1) is 0 Å². The SMILES string of the molecule is CCCCCCCCCCCCC/C=C/C(O)C(CO)NC(=O)CCCCCCCCCCCCCCCCC/C=C\CCCCCCCCCCCCCCOC(=O)CCCCCCCCCCCCCCCCCCC. The maximum Gasteiger partial charge on any atom is 0.305 e. The number of rotatable bonds is 67. The monoisotopic (exact) mass is 1100 g/mol. The van der Waals surface area contributed by atoms with Crippen molar-refractivity contribution < 1.29 is 24.5 Å². The molecule has 0 aromatic heterocycles. The summed E-state index contributed by atoms with van der Waals surface area (Å²) in [4.78, 5) is 24.6. The first-order valence-corrected chi connectivity index (χ1v) is 35.6. The van der Waals surface area contributed by atoms with Gasteiger partial charge in [0, 0.05) is 12.8 Å². The first-order chi connectivity index (χ1) is 38.5. The van der Waals surface area contributed by atoms with E-state index in [1.54, 1.807) is 6.08 Å². The predicted molar refractivity (Wildman–Crippen MR) is 343 cm³/mol. The molecule has 0 fully saturated rings. The number of aliphatic hydroxyl groups excluding tert-OH is 2. The van der Waals surface area contributed by atoms with Crippen molar-refractivity contribution in [2.24, 2.45) is 0 Å². The summed E-state index contributed by atoms with van der Waals surface area (Å²) in [6, 6.07) is -0.625. The lowest BCUT2D eigenvalue weighted by molar-refractivity contribution is -0.143. The van der Waals surface area contributed by atoms with E-state index >= 15 is 0 Å². The van der Waals surface area contributed by atoms with E-state index in [-0.39, 0.29) is 18.5 Å². The Morgan fingerprint density at radius 3 is 0.910 bits per heavy atom. The maximum absolute atomic E-state index is 12.5. The van der Waals surface area contributed by atoms with Gasteiger partial charge in [-0.25, -0.2) is 0 Å². The Balaban J connectivity index is 3.34. The van der Waals surface area contributed by atoms with Crippen LogP contribution in [0.1, 0.15) is 399 Å². The third-order valence-corrected chi connectivity index (χ3v) is 16.7. The molecule has 78 heavy (non-hydrogen) atoms. The first-order valence-electron chi connectivity index (χ1n) is 35.6. The summed E-state index contributed by atoms with van der Waals surface area (Å²) in [5.41, 5.74) is 0. The number of allylic oxidation sites excluding steroid dienone is 3. The molecular formula is C72H139NO5. The van der Waals surface area contributed by atoms with Gasteiger partial charge in [0.15, 0.2) is 0 Å². The van der Waals surface area contributed by atoms with Gasteiger partial charge in [-0.05, 0) is 57.8 Å². The number of unbranched alkanes of at least 4 members (excludes halogenated alkanes) is 54. The van der Waals surface area contributed by atoms with E-state index in [1.807, 2.05) is 6.08 Å². The molecule has 0 spiro atoms. The summed E-state index contributed by atoms with van der Waals surface area (Å²) < 4.78 is 5.51. The number of aliphatic hydroxyl groups is 2. The van der Waals surface area contributed by atoms with Crippen LogP contribution in [0.15, 0.2) is 24.3 Å². The predicted octanol–water partition coefficient (Wildman–Crippen LogP) is 22.9. The Bertz CT molecular complexity index is 1220. The van der Waals surface area contributed by atoms with Crippen molar-refractivity contribution in [2.75, 3.05) is 13.2 Å². The van der Waals surface area contributed by atoms with E-state index in [0.717, 1.165) is 38.5 Å². The van der Waals surface area contributed by atoms with E-state index in [9.17, 15) is 19.8 Å². The van der Waals surface area contributed by atoms with Gasteiger partial charge in [0.25, 0.3) is 0 Å². The van der Waals surface area contributed by atoms with Crippen LogP contribution in [0.25, 0.3) is 0 Å². The Hall–Kier alpha value is -1.66. The van der Waals surface area contributed by atoms with Gasteiger partial charge in [0.2, 0.25) is 5.91 Å². The van der Waals surface area contributed by atoms with Crippen LogP contribution in [0.5, 0.6) is 0 Å². The van der Waals surface area contributed by atoms with Crippen LogP contribution in [-0.2, 0) is 14.3 Å². The molecule has 0 saturated heterocycles. The normalized spacial score (nSPS) is 12.6. The molecule has 0 aliphatic rings. The number of esters is 1. The molecule has 3 N–H and O–H groups in total. The quantitative estimate of drug-likeness (QED) is 0.0320. The molecule has 0 aromatic carbocycles. The third kappa shape index (κ3) is 63.5. The average molecular weight is 1100 g/mol. The lowest BCUT2D eigenvalue weighted by Crippen LogP contribution is -2.45. The van der Waals surface area contributed by atoms with E-state index in [1.165, 1.54) is 334 Å². The zero-order chi connectivity index (χ0) is 56.4. The molecule has 0 rings (SSSR count). The zero-order valence-corrected chi connectivity index (χ0v) is 52.9. The first kappa shape index (κ1) is 76.3. The number of ether oxygens (including phenoxy) is 1. The fourth-order valence-corrected chi connectivity index (χ4v) is 11.3. The van der Waals surface area contributed by atoms with Crippen LogP contribution in [0.3, 0.4) is 0 Å². The van der Waals surface area contributed by atoms with Crippen LogP contribution in [-0.4, -0.2) is 47.4 Å². The molecule has 0 aliphatic heterocycles. The second-order valence-corrected chi connectivity index (χ2v) is 24.6. The molecule has 0 aromatic rings. The minimum atomic E-state index is -0.842. The number of amides is 1. The van der Waals surface area contributed by atoms with Gasteiger partial charge in [0.1, 0.15) is 0 Å². The number of carbonyl (C=O) groups excluding carboxylic acids is 2. The smallest absolute Gasteiger partial charge is 0.305 e. The largest absolute Gasteiger partial charge is 0.466 e. The fraction of sp³-hybridized carbons (Fsp3) is 0.917. The van der Waals surface area contributed by atoms with Crippen LogP contribution < -0.4 is 5.32 Å². The molecule has 0 saturated carbocycles. The highest BCUT2D eigenvalue weighted by Crippen LogP contribution is 2.19. The molecular weight excluding hydrogens is 959 g/mol. The van der Waals surface area contributed by atoms with Crippen LogP contribution in [0.2, 0.25) is 0 Å². The van der Waals surface area contributed by atoms with Crippen molar-refractivity contribution in [3.63, 3.8) is 0 Å². The van der Waals surface area contributed by atoms with Crippen molar-refractivity contribution in [1.29, 1.82) is 0 Å². The molecule has 2 unspecified atom stereocenters. The van der Waals surface area contributed by atoms with Gasteiger partial charge < -0.3 is 20.3 Å². The second kappa shape index (κ2) is 67.8. The number of hydrogen-bond acceptors (Lipinski definition) is 5. The number of carbonyl (C=O) groups is 2. The molecule has 0 heterocycles. The van der Waals surface area contributed by atoms with E-state index in [4.69, 9.17) is 4.74 Å². The Labute approximate surface area is 488 Å². The lowest BCUT2D eigenvalue weighted by atomic mass is 10.0. The van der Waals surface area contributed by atoms with Crippen molar-refractivity contribution in [3.8, 4) is 0 Å². The summed E-state index contributed by atoms with van der Waals surface area (Å²) in [6.45, 7) is 4.94. The molecule has 2 atom stereocenters. The molecule has 6 nitrogen and oxygen atoms in total. The minimum absolute atomic E-state index is 0.0220. The maximum atomic E-state index is 12.5. The van der Waals surface area contributed by atoms with E-state index in [0.29, 0.717) is 19.4 Å². The third-order valence-electron chi connectivity index (χ3n) is 16.7. The van der Waals surface area contributed by atoms with Gasteiger partial charge in [0.05, 0.1) is 25.4 Å². The Kier molecular flexibility index (Phi) is 66.4. The van der Waals surface area contributed by atoms with Crippen molar-refractivity contribution in [1.82, 2.24) is 5.32 Å². The second-order valence-electron chi connectivity index (χ2n) is 24.6. The fourth-order valence-electron chi connectivity index (χ4n) is 11.3. The Morgan fingerprint density at radius 2 is 0.603 bits per heavy atom. The van der Waals surface area contributed by atoms with Gasteiger partial charge in [-0.2, -0.15) is 0 Å². The van der Waals surface area contributed by atoms with Gasteiger partial charge in [-0.15, -0.1) is 0 Å². The van der Waals surface area contributed by atoms with Gasteiger partial charge >= 0.3 is 5.97 Å². The highest BCUT2D eigenvalue weighted by atomic mass is 16.5. The molecule has 6 heteroatoms. The highest BCUT2D eigenvalue weighted by molar-refractivity contribution is 5.76. The van der Waals surface area contributed by atoms with E-state index < -0.39 is 12.1 Å². The van der Waals surface area contributed by atoms with Crippen molar-refractivity contribution in [3.05, 3.63) is 24.3 Å². The standard InChI is InChI=1S/C72H139NO5/c1-3-5-7-9-11-13-15-17-18-34-38-42-46-50-54-58-62-66-72(77)78-67-63-59-55-51-47-43-39-36-33-31-29-27-25-23-21-19-20-22-24-26-28-30-32-35-37-41-45-49-53-57-61-65-71(76)73-69(68-74)70(75)64-60-56-52-48-44-40-16-14-12-10-8-6-4-2/h21,23,60,64,69-70,74-75H,3-20,22,24-59,61-63,65-68H2,1-2H3,(H,73,76)/b23-21-,64-60+. The van der Waals surface area contributed by atoms with Crippen molar-refractivity contribution in [2.45, 2.75) is 411 Å². The van der Waals surface area contributed by atoms with Crippen LogP contribution in [0.4, 0.5) is 0 Å². The Morgan fingerprint density at radius 1 is 0.346 bits per heavy atom. The van der Waals surface area contributed by atoms with Crippen molar-refractivity contribution >= 4 is 11.9 Å². The molecule has 462 valence electrons. The lowest BCUT2D eigenvalue weighted by Gasteiger charge is -2.20. The highest BCUT2D eigenvalue weighted by Gasteiger charge is 2.18. The summed E-state index contributed by atoms with van der Waals surface area (Å²) in [5.74, 6) is -0.0423. The number of hydrogen-bond donors (Lipinski definition) is 3. The van der Waals surface area contributed by atoms with Crippen LogP contribution >= 0.6 is 0 Å².